The van der Waals surface area contributed by atoms with Crippen LogP contribution in [0.4, 0.5) is 13.2 Å². The molecule has 2 rings (SSSR count). The molecule has 9 heteroatoms. The highest BCUT2D eigenvalue weighted by molar-refractivity contribution is 5.87. The molecule has 1 aromatic heterocycles. The summed E-state index contributed by atoms with van der Waals surface area (Å²) >= 11 is 0. The zero-order chi connectivity index (χ0) is 20.0. The van der Waals surface area contributed by atoms with Crippen LogP contribution in [0.2, 0.25) is 0 Å². The van der Waals surface area contributed by atoms with Crippen LogP contribution in [0, 0.1) is 0 Å². The first-order chi connectivity index (χ1) is 11.9. The van der Waals surface area contributed by atoms with Crippen LogP contribution in [0.3, 0.4) is 0 Å². The smallest absolute Gasteiger partial charge is 0.475 e. The number of hydrogen-bond donors (Lipinski definition) is 1. The largest absolute Gasteiger partial charge is 0.490 e. The van der Waals surface area contributed by atoms with Gasteiger partial charge in [-0.15, -0.1) is 0 Å². The average Bonchev–Trinajstić information content (AvgIpc) is 2.95. The third kappa shape index (κ3) is 7.82. The predicted molar refractivity (Wildman–Crippen MR) is 86.6 cm³/mol. The summed E-state index contributed by atoms with van der Waals surface area (Å²) in [7, 11) is 0. The van der Waals surface area contributed by atoms with Crippen molar-refractivity contribution in [2.24, 2.45) is 0 Å². The number of halogens is 3. The number of carboxylic acids is 1. The molecule has 0 radical (unpaired) electrons. The van der Waals surface area contributed by atoms with Gasteiger partial charge in [0.1, 0.15) is 5.60 Å². The van der Waals surface area contributed by atoms with Gasteiger partial charge in [0.15, 0.2) is 5.69 Å². The second-order valence-electron chi connectivity index (χ2n) is 6.22. The maximum atomic E-state index is 11.8. The minimum Gasteiger partial charge on any atom is -0.475 e. The average molecular weight is 372 g/mol. The zero-order valence-corrected chi connectivity index (χ0v) is 14.4. The summed E-state index contributed by atoms with van der Waals surface area (Å²) in [5.41, 5.74) is 1.00. The highest BCUT2D eigenvalue weighted by Crippen LogP contribution is 2.13. The lowest BCUT2D eigenvalue weighted by molar-refractivity contribution is -0.192. The predicted octanol–water partition coefficient (Wildman–Crippen LogP) is 3.52. The molecule has 0 amide bonds. The van der Waals surface area contributed by atoms with Crippen LogP contribution in [-0.2, 0) is 16.1 Å². The number of nitrogens with zero attached hydrogens (tertiary/aromatic N) is 2. The van der Waals surface area contributed by atoms with Crippen LogP contribution < -0.4 is 0 Å². The van der Waals surface area contributed by atoms with Gasteiger partial charge in [0.25, 0.3) is 0 Å². The summed E-state index contributed by atoms with van der Waals surface area (Å²) in [6, 6.07) is 10.0. The molecule has 0 fully saturated rings. The number of esters is 1. The molecule has 0 saturated heterocycles. The molecular weight excluding hydrogens is 353 g/mol. The first-order valence-corrected chi connectivity index (χ1v) is 7.47. The van der Waals surface area contributed by atoms with Gasteiger partial charge in [0.05, 0.1) is 6.33 Å². The molecule has 142 valence electrons. The number of carbonyl (C=O) groups is 2. The molecular formula is C17H19F3N2O4. The lowest BCUT2D eigenvalue weighted by atomic mass is 10.2. The fraction of sp³-hybridized carbons (Fsp3) is 0.353. The Morgan fingerprint density at radius 2 is 1.69 bits per heavy atom. The second kappa shape index (κ2) is 8.50. The molecule has 26 heavy (non-hydrogen) atoms. The number of carbonyl (C=O) groups excluding carboxylic acids is 1. The van der Waals surface area contributed by atoms with E-state index >= 15 is 0 Å². The number of rotatable bonds is 3. The highest BCUT2D eigenvalue weighted by Gasteiger charge is 2.38. The van der Waals surface area contributed by atoms with Crippen LogP contribution in [0.15, 0.2) is 42.9 Å². The van der Waals surface area contributed by atoms with Crippen LogP contribution in [-0.4, -0.2) is 38.4 Å². The van der Waals surface area contributed by atoms with E-state index in [0.717, 1.165) is 5.56 Å². The molecule has 0 aliphatic carbocycles. The Balaban J connectivity index is 0.000000412. The summed E-state index contributed by atoms with van der Waals surface area (Å²) in [5.74, 6) is -3.15. The summed E-state index contributed by atoms with van der Waals surface area (Å²) in [5, 5.41) is 7.12. The van der Waals surface area contributed by atoms with Crippen molar-refractivity contribution < 1.29 is 32.6 Å². The Morgan fingerprint density at radius 1 is 1.15 bits per heavy atom. The highest BCUT2D eigenvalue weighted by atomic mass is 19.4. The fourth-order valence-electron chi connectivity index (χ4n) is 1.68. The molecule has 1 heterocycles. The van der Waals surface area contributed by atoms with E-state index in [1.54, 1.807) is 12.5 Å². The van der Waals surface area contributed by atoms with E-state index in [1.807, 2.05) is 55.7 Å². The van der Waals surface area contributed by atoms with Gasteiger partial charge < -0.3 is 14.4 Å². The Hall–Kier alpha value is -2.84. The van der Waals surface area contributed by atoms with Crippen molar-refractivity contribution in [3.63, 3.8) is 0 Å². The van der Waals surface area contributed by atoms with Crippen LogP contribution in [0.5, 0.6) is 0 Å². The molecule has 0 spiro atoms. The number of carboxylic acid groups (broad SMARTS) is 1. The lowest BCUT2D eigenvalue weighted by Crippen LogP contribution is -2.24. The van der Waals surface area contributed by atoms with E-state index < -0.39 is 17.7 Å². The van der Waals surface area contributed by atoms with E-state index in [0.29, 0.717) is 12.2 Å². The summed E-state index contributed by atoms with van der Waals surface area (Å²) < 4.78 is 38.9. The molecule has 2 aromatic rings. The molecule has 6 nitrogen and oxygen atoms in total. The maximum absolute atomic E-state index is 11.8. The minimum absolute atomic E-state index is 0.339. The van der Waals surface area contributed by atoms with Gasteiger partial charge >= 0.3 is 18.1 Å². The van der Waals surface area contributed by atoms with Crippen LogP contribution in [0.1, 0.15) is 36.8 Å². The van der Waals surface area contributed by atoms with E-state index in [2.05, 4.69) is 4.98 Å². The molecule has 0 saturated carbocycles. The van der Waals surface area contributed by atoms with Crippen LogP contribution >= 0.6 is 0 Å². The first-order valence-electron chi connectivity index (χ1n) is 7.47. The van der Waals surface area contributed by atoms with Crippen molar-refractivity contribution in [1.82, 2.24) is 9.55 Å². The number of ether oxygens (including phenoxy) is 1. The first kappa shape index (κ1) is 21.2. The third-order valence-electron chi connectivity index (χ3n) is 2.69. The van der Waals surface area contributed by atoms with E-state index in [-0.39, 0.29) is 5.97 Å². The molecule has 0 aliphatic heterocycles. The summed E-state index contributed by atoms with van der Waals surface area (Å²) in [4.78, 5) is 24.8. The van der Waals surface area contributed by atoms with E-state index in [4.69, 9.17) is 14.6 Å². The number of imidazole rings is 1. The molecule has 1 aromatic carbocycles. The summed E-state index contributed by atoms with van der Waals surface area (Å²) in [6.45, 7) is 6.21. The van der Waals surface area contributed by atoms with Crippen molar-refractivity contribution in [1.29, 1.82) is 0 Å². The van der Waals surface area contributed by atoms with Gasteiger partial charge in [-0.1, -0.05) is 30.3 Å². The van der Waals surface area contributed by atoms with Crippen molar-refractivity contribution >= 4 is 11.9 Å². The third-order valence-corrected chi connectivity index (χ3v) is 2.69. The Labute approximate surface area is 148 Å². The SMILES string of the molecule is CC(C)(C)OC(=O)c1cn(Cc2ccccc2)cn1.O=C(O)C(F)(F)F. The monoisotopic (exact) mass is 372 g/mol. The Kier molecular flexibility index (Phi) is 6.93. The standard InChI is InChI=1S/C15H18N2O2.C2HF3O2/c1-15(2,3)19-14(18)13-10-17(11-16-13)9-12-7-5-4-6-8-12;3-2(4,5)1(6)7/h4-8,10-11H,9H2,1-3H3;(H,6,7). The van der Waals surface area contributed by atoms with Crippen molar-refractivity contribution in [2.75, 3.05) is 0 Å². The van der Waals surface area contributed by atoms with E-state index in [1.165, 1.54) is 0 Å². The molecule has 0 atom stereocenters. The number of aliphatic carboxylic acids is 1. The van der Waals surface area contributed by atoms with Gasteiger partial charge in [-0.05, 0) is 26.3 Å². The number of aromatic nitrogens is 2. The molecule has 0 aliphatic rings. The molecule has 0 bridgehead atoms. The van der Waals surface area contributed by atoms with Gasteiger partial charge in [-0.25, -0.2) is 14.6 Å². The fourth-order valence-corrected chi connectivity index (χ4v) is 1.68. The Bertz CT molecular complexity index is 734. The summed E-state index contributed by atoms with van der Waals surface area (Å²) in [6.07, 6.45) is -1.73. The Morgan fingerprint density at radius 3 is 2.15 bits per heavy atom. The minimum atomic E-state index is -5.08. The van der Waals surface area contributed by atoms with Crippen molar-refractivity contribution in [3.8, 4) is 0 Å². The van der Waals surface area contributed by atoms with Gasteiger partial charge in [-0.3, -0.25) is 0 Å². The zero-order valence-electron chi connectivity index (χ0n) is 14.4. The van der Waals surface area contributed by atoms with Crippen LogP contribution in [0.25, 0.3) is 0 Å². The molecule has 1 N–H and O–H groups in total. The normalized spacial score (nSPS) is 11.3. The number of alkyl halides is 3. The van der Waals surface area contributed by atoms with Gasteiger partial charge in [-0.2, -0.15) is 13.2 Å². The lowest BCUT2D eigenvalue weighted by Gasteiger charge is -2.18. The number of benzene rings is 1. The number of hydrogen-bond acceptors (Lipinski definition) is 4. The van der Waals surface area contributed by atoms with E-state index in [9.17, 15) is 18.0 Å². The molecule has 0 unspecified atom stereocenters. The van der Waals surface area contributed by atoms with Crippen molar-refractivity contribution in [3.05, 3.63) is 54.1 Å². The second-order valence-corrected chi connectivity index (χ2v) is 6.22. The topological polar surface area (TPSA) is 81.4 Å². The van der Waals surface area contributed by atoms with Gasteiger partial charge in [0.2, 0.25) is 0 Å². The quantitative estimate of drug-likeness (QED) is 0.834. The van der Waals surface area contributed by atoms with Crippen molar-refractivity contribution in [2.45, 2.75) is 39.1 Å². The maximum Gasteiger partial charge on any atom is 0.490 e. The van der Waals surface area contributed by atoms with Gasteiger partial charge in [0, 0.05) is 12.7 Å².